The van der Waals surface area contributed by atoms with E-state index in [4.69, 9.17) is 11.6 Å². The minimum Gasteiger partial charge on any atom is -0.392 e. The quantitative estimate of drug-likeness (QED) is 0.379. The summed E-state index contributed by atoms with van der Waals surface area (Å²) in [6.07, 6.45) is -4.36. The third-order valence-corrected chi connectivity index (χ3v) is 5.39. The summed E-state index contributed by atoms with van der Waals surface area (Å²) >= 11 is 5.82. The van der Waals surface area contributed by atoms with Gasteiger partial charge in [0, 0.05) is 24.0 Å². The molecule has 0 spiro atoms. The molecule has 6 N–H and O–H groups in total. The number of aliphatic hydroxyl groups is 1. The summed E-state index contributed by atoms with van der Waals surface area (Å²) < 4.78 is 39.1. The molecule has 1 saturated heterocycles. The Morgan fingerprint density at radius 3 is 2.59 bits per heavy atom. The van der Waals surface area contributed by atoms with Crippen LogP contribution in [0.15, 0.2) is 0 Å². The van der Waals surface area contributed by atoms with Crippen LogP contribution in [0.5, 0.6) is 0 Å². The Hall–Kier alpha value is -0.810. The number of carbonyl (C=O) groups is 1. The Kier molecular flexibility index (Phi) is 7.99. The molecule has 1 aliphatic carbocycles. The molecule has 0 aromatic heterocycles. The van der Waals surface area contributed by atoms with Crippen LogP contribution in [-0.4, -0.2) is 59.9 Å². The van der Waals surface area contributed by atoms with Crippen LogP contribution in [0.3, 0.4) is 0 Å². The van der Waals surface area contributed by atoms with E-state index >= 15 is 0 Å². The molecule has 0 bridgehead atoms. The molecule has 2 rings (SSSR count). The maximum Gasteiger partial charge on any atom is 0.393 e. The van der Waals surface area contributed by atoms with Crippen molar-refractivity contribution in [3.8, 4) is 0 Å². The highest BCUT2D eigenvalue weighted by Gasteiger charge is 2.47. The van der Waals surface area contributed by atoms with E-state index in [9.17, 15) is 23.1 Å². The lowest BCUT2D eigenvalue weighted by Crippen LogP contribution is -2.68. The molecule has 1 heterocycles. The highest BCUT2D eigenvalue weighted by atomic mass is 35.5. The first-order chi connectivity index (χ1) is 12.5. The van der Waals surface area contributed by atoms with E-state index in [0.717, 1.165) is 6.42 Å². The monoisotopic (exact) mass is 415 g/mol. The van der Waals surface area contributed by atoms with E-state index in [2.05, 4.69) is 26.6 Å². The number of hydrogen-bond acceptors (Lipinski definition) is 5. The van der Waals surface area contributed by atoms with Crippen molar-refractivity contribution in [3.63, 3.8) is 0 Å². The SMILES string of the molecule is CC(O)CNC1CC(C)NC(NC(=O)NC2CCC(Cl)C(C(F)(F)F)C2)N1. The molecule has 1 saturated carbocycles. The summed E-state index contributed by atoms with van der Waals surface area (Å²) in [6, 6.07) is -1.01. The van der Waals surface area contributed by atoms with Gasteiger partial charge in [-0.2, -0.15) is 13.2 Å². The second kappa shape index (κ2) is 9.60. The van der Waals surface area contributed by atoms with E-state index in [1.165, 1.54) is 0 Å². The highest BCUT2D eigenvalue weighted by molar-refractivity contribution is 6.20. The number of carbonyl (C=O) groups excluding carboxylic acids is 1. The third kappa shape index (κ3) is 7.26. The number of aliphatic hydroxyl groups excluding tert-OH is 1. The zero-order valence-corrected chi connectivity index (χ0v) is 16.2. The van der Waals surface area contributed by atoms with Crippen molar-refractivity contribution in [2.24, 2.45) is 5.92 Å². The summed E-state index contributed by atoms with van der Waals surface area (Å²) in [5, 5.41) is 23.2. The fourth-order valence-electron chi connectivity index (χ4n) is 3.52. The molecule has 158 valence electrons. The smallest absolute Gasteiger partial charge is 0.392 e. The largest absolute Gasteiger partial charge is 0.393 e. The van der Waals surface area contributed by atoms with E-state index in [0.29, 0.717) is 13.0 Å². The van der Waals surface area contributed by atoms with Crippen LogP contribution in [0.2, 0.25) is 0 Å². The van der Waals surface area contributed by atoms with E-state index < -0.39 is 41.9 Å². The van der Waals surface area contributed by atoms with Crippen molar-refractivity contribution < 1.29 is 23.1 Å². The Morgan fingerprint density at radius 1 is 1.26 bits per heavy atom. The molecular formula is C16H29ClF3N5O2. The summed E-state index contributed by atoms with van der Waals surface area (Å²) in [5.41, 5.74) is 0. The highest BCUT2D eigenvalue weighted by Crippen LogP contribution is 2.40. The average Bonchev–Trinajstić information content (AvgIpc) is 2.53. The van der Waals surface area contributed by atoms with Crippen LogP contribution < -0.4 is 26.6 Å². The van der Waals surface area contributed by atoms with Crippen LogP contribution in [0.25, 0.3) is 0 Å². The standard InChI is InChI=1S/C16H29ClF3N5O2/c1-8-5-13(21-7-9(2)26)24-14(22-8)25-15(27)23-10-3-4-12(17)11(6-10)16(18,19)20/h8-14,21-22,24,26H,3-7H2,1-2H3,(H2,23,25,27). The molecule has 0 radical (unpaired) electrons. The number of amides is 2. The van der Waals surface area contributed by atoms with Gasteiger partial charge in [0.05, 0.1) is 18.2 Å². The molecule has 11 heteroatoms. The topological polar surface area (TPSA) is 97.5 Å². The van der Waals surface area contributed by atoms with Crippen molar-refractivity contribution >= 4 is 17.6 Å². The first-order valence-electron chi connectivity index (χ1n) is 9.26. The molecular weight excluding hydrogens is 387 g/mol. The minimum absolute atomic E-state index is 0.101. The second-order valence-electron chi connectivity index (χ2n) is 7.50. The van der Waals surface area contributed by atoms with Crippen molar-refractivity contribution in [2.45, 2.75) is 81.7 Å². The number of alkyl halides is 4. The van der Waals surface area contributed by atoms with Crippen LogP contribution >= 0.6 is 11.6 Å². The van der Waals surface area contributed by atoms with Gasteiger partial charge in [0.25, 0.3) is 0 Å². The van der Waals surface area contributed by atoms with Gasteiger partial charge in [-0.05, 0) is 39.5 Å². The molecule has 0 aromatic carbocycles. The van der Waals surface area contributed by atoms with E-state index in [-0.39, 0.29) is 25.0 Å². The van der Waals surface area contributed by atoms with Crippen LogP contribution in [0, 0.1) is 5.92 Å². The Bertz CT molecular complexity index is 497. The van der Waals surface area contributed by atoms with Gasteiger partial charge >= 0.3 is 12.2 Å². The normalized spacial score (nSPS) is 36.1. The molecule has 2 aliphatic rings. The van der Waals surface area contributed by atoms with Gasteiger partial charge < -0.3 is 15.7 Å². The predicted molar refractivity (Wildman–Crippen MR) is 96.1 cm³/mol. The van der Waals surface area contributed by atoms with Crippen LogP contribution in [0.4, 0.5) is 18.0 Å². The van der Waals surface area contributed by atoms with Crippen molar-refractivity contribution in [2.75, 3.05) is 6.54 Å². The molecule has 1 aliphatic heterocycles. The molecule has 0 aromatic rings. The van der Waals surface area contributed by atoms with Gasteiger partial charge in [-0.1, -0.05) is 0 Å². The van der Waals surface area contributed by atoms with Gasteiger partial charge in [0.1, 0.15) is 6.29 Å². The van der Waals surface area contributed by atoms with Gasteiger partial charge in [0.2, 0.25) is 0 Å². The van der Waals surface area contributed by atoms with Crippen molar-refractivity contribution in [1.82, 2.24) is 26.6 Å². The lowest BCUT2D eigenvalue weighted by atomic mass is 9.85. The van der Waals surface area contributed by atoms with Gasteiger partial charge in [-0.15, -0.1) is 11.6 Å². The number of halogens is 4. The first-order valence-corrected chi connectivity index (χ1v) is 9.69. The van der Waals surface area contributed by atoms with Crippen LogP contribution in [-0.2, 0) is 0 Å². The van der Waals surface area contributed by atoms with E-state index in [1.54, 1.807) is 6.92 Å². The lowest BCUT2D eigenvalue weighted by molar-refractivity contribution is -0.182. The van der Waals surface area contributed by atoms with Gasteiger partial charge in [-0.25, -0.2) is 4.79 Å². The maximum absolute atomic E-state index is 13.0. The fourth-order valence-corrected chi connectivity index (χ4v) is 3.90. The Labute approximate surface area is 162 Å². The summed E-state index contributed by atoms with van der Waals surface area (Å²) in [7, 11) is 0. The van der Waals surface area contributed by atoms with Gasteiger partial charge in [-0.3, -0.25) is 16.0 Å². The molecule has 2 amide bonds. The Balaban J connectivity index is 1.82. The zero-order valence-electron chi connectivity index (χ0n) is 15.4. The molecule has 27 heavy (non-hydrogen) atoms. The molecule has 7 atom stereocenters. The van der Waals surface area contributed by atoms with Crippen molar-refractivity contribution in [1.29, 1.82) is 0 Å². The summed E-state index contributed by atoms with van der Waals surface area (Å²) in [5.74, 6) is -1.61. The Morgan fingerprint density at radius 2 is 1.96 bits per heavy atom. The number of rotatable bonds is 5. The zero-order chi connectivity index (χ0) is 20.2. The first kappa shape index (κ1) is 22.5. The summed E-state index contributed by atoms with van der Waals surface area (Å²) in [6.45, 7) is 4.04. The molecule has 7 unspecified atom stereocenters. The average molecular weight is 416 g/mol. The van der Waals surface area contributed by atoms with Crippen LogP contribution in [0.1, 0.15) is 39.5 Å². The predicted octanol–water partition coefficient (Wildman–Crippen LogP) is 1.18. The lowest BCUT2D eigenvalue weighted by Gasteiger charge is -2.38. The number of hydrogen-bond donors (Lipinski definition) is 6. The fraction of sp³-hybridized carbons (Fsp3) is 0.938. The summed E-state index contributed by atoms with van der Waals surface area (Å²) in [4.78, 5) is 12.2. The van der Waals surface area contributed by atoms with Gasteiger partial charge in [0.15, 0.2) is 0 Å². The molecule has 2 fully saturated rings. The van der Waals surface area contributed by atoms with E-state index in [1.807, 2.05) is 6.92 Å². The third-order valence-electron chi connectivity index (χ3n) is 4.86. The second-order valence-corrected chi connectivity index (χ2v) is 8.07. The van der Waals surface area contributed by atoms with Crippen molar-refractivity contribution in [3.05, 3.63) is 0 Å². The number of urea groups is 1. The number of nitrogens with one attached hydrogen (secondary N) is 5. The maximum atomic E-state index is 13.0. The molecule has 7 nitrogen and oxygen atoms in total. The minimum atomic E-state index is -4.37.